The molecule has 1 aliphatic carbocycles. The lowest BCUT2D eigenvalue weighted by Crippen LogP contribution is -2.67. The first kappa shape index (κ1) is 24.5. The van der Waals surface area contributed by atoms with Crippen LogP contribution in [0.1, 0.15) is 12.8 Å². The predicted octanol–water partition coefficient (Wildman–Crippen LogP) is -5.11. The van der Waals surface area contributed by atoms with Crippen molar-refractivity contribution >= 4 is 0 Å². The van der Waals surface area contributed by atoms with Gasteiger partial charge in [0.15, 0.2) is 6.29 Å². The van der Waals surface area contributed by atoms with Crippen LogP contribution in [-0.4, -0.2) is 112 Å². The van der Waals surface area contributed by atoms with Gasteiger partial charge in [0.1, 0.15) is 42.7 Å². The van der Waals surface area contributed by atoms with Crippen LogP contribution in [-0.2, 0) is 18.9 Å². The average Bonchev–Trinajstić information content (AvgIpc) is 2.75. The maximum Gasteiger partial charge on any atom is 0.275 e. The Labute approximate surface area is 179 Å². The minimum absolute atomic E-state index is 0.0762. The lowest BCUT2D eigenvalue weighted by molar-refractivity contribution is -0.305. The van der Waals surface area contributed by atoms with Gasteiger partial charge in [-0.25, -0.2) is 0 Å². The first-order valence-corrected chi connectivity index (χ1v) is 10.3. The smallest absolute Gasteiger partial charge is 0.275 e. The standard InChI is InChI=1S/C18H34N4O9/c19-4-9-8(24)1-2-11(28-9)30-16-6(20)3-7(21)17(15(16)27)31-18-14(26)12(22)13(25)10(5-23)29-18/h2,6-10,12-18,23-27H,1,3-5,19-22H2. The molecule has 2 fully saturated rings. The van der Waals surface area contributed by atoms with Gasteiger partial charge >= 0.3 is 0 Å². The maximum absolute atomic E-state index is 10.9. The van der Waals surface area contributed by atoms with Crippen LogP contribution in [0.2, 0.25) is 0 Å². The Kier molecular flexibility index (Phi) is 8.10. The van der Waals surface area contributed by atoms with Crippen LogP contribution in [0.25, 0.3) is 0 Å². The van der Waals surface area contributed by atoms with Gasteiger partial charge in [-0.05, 0) is 12.5 Å². The number of hydrogen-bond donors (Lipinski definition) is 9. The van der Waals surface area contributed by atoms with E-state index in [4.69, 9.17) is 41.9 Å². The fourth-order valence-electron chi connectivity index (χ4n) is 4.06. The summed E-state index contributed by atoms with van der Waals surface area (Å²) in [6.07, 6.45) is -7.94. The molecule has 13 N–H and O–H groups in total. The minimum atomic E-state index is -1.43. The van der Waals surface area contributed by atoms with Gasteiger partial charge < -0.3 is 67.4 Å². The summed E-state index contributed by atoms with van der Waals surface area (Å²) in [5.74, 6) is 0.0777. The second kappa shape index (κ2) is 10.2. The molecule has 0 amide bonds. The second-order valence-electron chi connectivity index (χ2n) is 8.24. The molecule has 2 heterocycles. The van der Waals surface area contributed by atoms with Crippen molar-refractivity contribution in [2.24, 2.45) is 22.9 Å². The van der Waals surface area contributed by atoms with Gasteiger partial charge in [-0.15, -0.1) is 0 Å². The Morgan fingerprint density at radius 1 is 0.968 bits per heavy atom. The van der Waals surface area contributed by atoms with Crippen LogP contribution >= 0.6 is 0 Å². The van der Waals surface area contributed by atoms with Gasteiger partial charge in [-0.1, -0.05) is 0 Å². The van der Waals surface area contributed by atoms with Gasteiger partial charge in [0.2, 0.25) is 0 Å². The fourth-order valence-corrected chi connectivity index (χ4v) is 4.06. The number of aliphatic hydroxyl groups excluding tert-OH is 5. The summed E-state index contributed by atoms with van der Waals surface area (Å²) < 4.78 is 22.4. The molecule has 3 aliphatic rings. The van der Waals surface area contributed by atoms with Crippen LogP contribution in [0.4, 0.5) is 0 Å². The van der Waals surface area contributed by atoms with Crippen LogP contribution in [0.5, 0.6) is 0 Å². The molecule has 1 saturated heterocycles. The summed E-state index contributed by atoms with van der Waals surface area (Å²) in [6, 6.07) is -2.53. The molecular formula is C18H34N4O9. The monoisotopic (exact) mass is 450 g/mol. The molecule has 3 rings (SSSR count). The highest BCUT2D eigenvalue weighted by atomic mass is 16.7. The van der Waals surface area contributed by atoms with Crippen LogP contribution in [0.15, 0.2) is 12.0 Å². The maximum atomic E-state index is 10.9. The predicted molar refractivity (Wildman–Crippen MR) is 105 cm³/mol. The molecule has 13 heteroatoms. The Balaban J connectivity index is 1.70. The van der Waals surface area contributed by atoms with Crippen LogP contribution < -0.4 is 22.9 Å². The molecular weight excluding hydrogens is 416 g/mol. The Hall–Kier alpha value is -1.10. The van der Waals surface area contributed by atoms with E-state index in [0.29, 0.717) is 0 Å². The Morgan fingerprint density at radius 3 is 2.29 bits per heavy atom. The molecule has 0 aromatic heterocycles. The normalized spacial score (nSPS) is 48.6. The number of hydrogen-bond acceptors (Lipinski definition) is 13. The van der Waals surface area contributed by atoms with E-state index < -0.39 is 79.9 Å². The van der Waals surface area contributed by atoms with Crippen LogP contribution in [0.3, 0.4) is 0 Å². The SMILES string of the molecule is NCC1OC(OC2C(N)CC(N)C(OC3OC(CO)C(O)C(N)C3O)C2O)=CCC1O. The molecule has 0 aromatic rings. The van der Waals surface area contributed by atoms with Crippen molar-refractivity contribution in [2.45, 2.75) is 86.1 Å². The van der Waals surface area contributed by atoms with Crippen molar-refractivity contribution in [1.82, 2.24) is 0 Å². The molecule has 13 nitrogen and oxygen atoms in total. The highest BCUT2D eigenvalue weighted by Crippen LogP contribution is 2.30. The summed E-state index contributed by atoms with van der Waals surface area (Å²) in [5, 5.41) is 50.4. The quantitative estimate of drug-likeness (QED) is 0.184. The zero-order valence-electron chi connectivity index (χ0n) is 17.0. The third kappa shape index (κ3) is 5.12. The summed E-state index contributed by atoms with van der Waals surface area (Å²) in [7, 11) is 0. The molecule has 12 unspecified atom stereocenters. The van der Waals surface area contributed by atoms with E-state index in [1.165, 1.54) is 6.08 Å². The molecule has 2 aliphatic heterocycles. The average molecular weight is 450 g/mol. The summed E-state index contributed by atoms with van der Waals surface area (Å²) in [4.78, 5) is 0. The molecule has 31 heavy (non-hydrogen) atoms. The number of aliphatic hydroxyl groups is 5. The van der Waals surface area contributed by atoms with E-state index in [2.05, 4.69) is 0 Å². The molecule has 0 radical (unpaired) electrons. The van der Waals surface area contributed by atoms with E-state index in [1.807, 2.05) is 0 Å². The molecule has 0 bridgehead atoms. The molecule has 1 saturated carbocycles. The molecule has 0 aromatic carbocycles. The van der Waals surface area contributed by atoms with Crippen molar-refractivity contribution in [2.75, 3.05) is 13.2 Å². The van der Waals surface area contributed by atoms with Gasteiger partial charge in [0.05, 0.1) is 18.8 Å². The lowest BCUT2D eigenvalue weighted by Gasteiger charge is -2.46. The van der Waals surface area contributed by atoms with Crippen molar-refractivity contribution in [3.63, 3.8) is 0 Å². The summed E-state index contributed by atoms with van der Waals surface area (Å²) >= 11 is 0. The van der Waals surface area contributed by atoms with Crippen molar-refractivity contribution in [1.29, 1.82) is 0 Å². The number of nitrogens with two attached hydrogens (primary N) is 4. The second-order valence-corrected chi connectivity index (χ2v) is 8.24. The topological polar surface area (TPSA) is 242 Å². The van der Waals surface area contributed by atoms with Gasteiger partial charge in [0, 0.05) is 25.0 Å². The molecule has 0 spiro atoms. The molecule has 12 atom stereocenters. The van der Waals surface area contributed by atoms with Crippen molar-refractivity contribution in [3.05, 3.63) is 12.0 Å². The minimum Gasteiger partial charge on any atom is -0.458 e. The highest BCUT2D eigenvalue weighted by molar-refractivity contribution is 5.03. The molecule has 180 valence electrons. The number of ether oxygens (including phenoxy) is 4. The largest absolute Gasteiger partial charge is 0.458 e. The summed E-state index contributed by atoms with van der Waals surface area (Å²) in [6.45, 7) is -0.468. The van der Waals surface area contributed by atoms with Crippen molar-refractivity contribution in [3.8, 4) is 0 Å². The third-order valence-electron chi connectivity index (χ3n) is 6.00. The van der Waals surface area contributed by atoms with E-state index in [-0.39, 0.29) is 25.3 Å². The van der Waals surface area contributed by atoms with Crippen molar-refractivity contribution < 1.29 is 44.5 Å². The fraction of sp³-hybridized carbons (Fsp3) is 0.889. The summed E-state index contributed by atoms with van der Waals surface area (Å²) in [5.41, 5.74) is 23.6. The van der Waals surface area contributed by atoms with Gasteiger partial charge in [0.25, 0.3) is 5.95 Å². The van der Waals surface area contributed by atoms with E-state index >= 15 is 0 Å². The Morgan fingerprint density at radius 2 is 1.65 bits per heavy atom. The third-order valence-corrected chi connectivity index (χ3v) is 6.00. The van der Waals surface area contributed by atoms with Gasteiger partial charge in [-0.2, -0.15) is 0 Å². The zero-order chi connectivity index (χ0) is 22.9. The first-order valence-electron chi connectivity index (χ1n) is 10.3. The zero-order valence-corrected chi connectivity index (χ0v) is 17.0. The number of rotatable bonds is 6. The van der Waals surface area contributed by atoms with Crippen LogP contribution in [0, 0.1) is 0 Å². The van der Waals surface area contributed by atoms with Gasteiger partial charge in [-0.3, -0.25) is 0 Å². The van der Waals surface area contributed by atoms with E-state index in [1.54, 1.807) is 0 Å². The van der Waals surface area contributed by atoms with E-state index in [9.17, 15) is 25.5 Å². The highest BCUT2D eigenvalue weighted by Gasteiger charge is 2.49. The van der Waals surface area contributed by atoms with E-state index in [0.717, 1.165) is 0 Å². The first-order chi connectivity index (χ1) is 14.7. The lowest BCUT2D eigenvalue weighted by atomic mass is 9.84. The Bertz CT molecular complexity index is 627.